The lowest BCUT2D eigenvalue weighted by Crippen LogP contribution is -2.16. The van der Waals surface area contributed by atoms with Crippen LogP contribution in [0.2, 0.25) is 0 Å². The average Bonchev–Trinajstić information content (AvgIpc) is 2.39. The molecule has 0 spiro atoms. The highest BCUT2D eigenvalue weighted by Crippen LogP contribution is 2.12. The smallest absolute Gasteiger partial charge is 0.244 e. The van der Waals surface area contributed by atoms with Gasteiger partial charge in [0.1, 0.15) is 0 Å². The standard InChI is InChI=1S/C4H4ClNO2.C4H10S/c5-6-3(7)1-2-4(6)8;1-3-5-4-2/h1-2H2;3-4H2,1-2H3. The van der Waals surface area contributed by atoms with Gasteiger partial charge in [-0.1, -0.05) is 13.8 Å². The second kappa shape index (κ2) is 7.21. The number of imide groups is 1. The molecule has 0 radical (unpaired) electrons. The lowest BCUT2D eigenvalue weighted by atomic mass is 10.4. The lowest BCUT2D eigenvalue weighted by molar-refractivity contribution is -0.132. The van der Waals surface area contributed by atoms with Gasteiger partial charge in [0.25, 0.3) is 0 Å². The molecule has 76 valence electrons. The monoisotopic (exact) mass is 223 g/mol. The van der Waals surface area contributed by atoms with Crippen LogP contribution in [-0.2, 0) is 9.59 Å². The van der Waals surface area contributed by atoms with Crippen molar-refractivity contribution in [2.45, 2.75) is 26.7 Å². The Morgan fingerprint density at radius 3 is 1.69 bits per heavy atom. The van der Waals surface area contributed by atoms with Gasteiger partial charge in [-0.15, -0.1) is 0 Å². The van der Waals surface area contributed by atoms with E-state index in [0.717, 1.165) is 0 Å². The van der Waals surface area contributed by atoms with E-state index in [0.29, 0.717) is 4.42 Å². The molecule has 13 heavy (non-hydrogen) atoms. The summed E-state index contributed by atoms with van der Waals surface area (Å²) < 4.78 is 0.639. The second-order valence-electron chi connectivity index (χ2n) is 2.35. The molecule has 3 nitrogen and oxygen atoms in total. The molecule has 2 amide bonds. The molecule has 0 unspecified atom stereocenters. The lowest BCUT2D eigenvalue weighted by Gasteiger charge is -1.96. The number of rotatable bonds is 2. The molecule has 1 rings (SSSR count). The van der Waals surface area contributed by atoms with E-state index in [2.05, 4.69) is 13.8 Å². The van der Waals surface area contributed by atoms with E-state index < -0.39 is 0 Å². The van der Waals surface area contributed by atoms with Crippen molar-refractivity contribution in [1.82, 2.24) is 4.42 Å². The van der Waals surface area contributed by atoms with Crippen molar-refractivity contribution in [3.8, 4) is 0 Å². The molecule has 1 heterocycles. The molecule has 0 aliphatic carbocycles. The first-order chi connectivity index (χ1) is 6.13. The van der Waals surface area contributed by atoms with E-state index in [1.807, 2.05) is 11.8 Å². The van der Waals surface area contributed by atoms with Gasteiger partial charge >= 0.3 is 0 Å². The first kappa shape index (κ1) is 12.8. The van der Waals surface area contributed by atoms with E-state index >= 15 is 0 Å². The van der Waals surface area contributed by atoms with E-state index in [-0.39, 0.29) is 24.7 Å². The van der Waals surface area contributed by atoms with Crippen LogP contribution in [0.4, 0.5) is 0 Å². The third-order valence-corrected chi connectivity index (χ3v) is 2.59. The molecule has 0 aromatic rings. The summed E-state index contributed by atoms with van der Waals surface area (Å²) in [6.07, 6.45) is 0.532. The second-order valence-corrected chi connectivity index (χ2v) is 4.25. The minimum Gasteiger partial charge on any atom is -0.273 e. The summed E-state index contributed by atoms with van der Waals surface area (Å²) in [5.41, 5.74) is 0. The molecule has 0 aromatic carbocycles. The summed E-state index contributed by atoms with van der Waals surface area (Å²) in [7, 11) is 0. The minimum absolute atomic E-state index is 0.266. The maximum Gasteiger partial charge on any atom is 0.244 e. The number of hydrogen-bond acceptors (Lipinski definition) is 3. The molecule has 0 aromatic heterocycles. The third-order valence-electron chi connectivity index (χ3n) is 1.40. The van der Waals surface area contributed by atoms with Crippen molar-refractivity contribution in [3.05, 3.63) is 0 Å². The average molecular weight is 224 g/mol. The van der Waals surface area contributed by atoms with Gasteiger partial charge in [-0.2, -0.15) is 16.2 Å². The van der Waals surface area contributed by atoms with Crippen LogP contribution in [0, 0.1) is 0 Å². The molecule has 5 heteroatoms. The minimum atomic E-state index is -0.295. The van der Waals surface area contributed by atoms with Crippen molar-refractivity contribution >= 4 is 35.4 Å². The molecule has 1 fully saturated rings. The van der Waals surface area contributed by atoms with E-state index in [9.17, 15) is 9.59 Å². The predicted octanol–water partition coefficient (Wildman–Crippen LogP) is 2.05. The zero-order valence-corrected chi connectivity index (χ0v) is 9.45. The Morgan fingerprint density at radius 1 is 1.23 bits per heavy atom. The molecule has 0 bridgehead atoms. The fourth-order valence-electron chi connectivity index (χ4n) is 0.753. The Hall–Kier alpha value is -0.220. The normalized spacial score (nSPS) is 15.8. The molecule has 0 saturated carbocycles. The van der Waals surface area contributed by atoms with Crippen molar-refractivity contribution in [1.29, 1.82) is 0 Å². The third kappa shape index (κ3) is 5.16. The Labute approximate surface area is 87.9 Å². The Balaban J connectivity index is 0.000000252. The van der Waals surface area contributed by atoms with Crippen LogP contribution in [0.15, 0.2) is 0 Å². The van der Waals surface area contributed by atoms with Crippen molar-refractivity contribution in [2.24, 2.45) is 0 Å². The fraction of sp³-hybridized carbons (Fsp3) is 0.750. The molecule has 0 atom stereocenters. The van der Waals surface area contributed by atoms with Gasteiger partial charge in [-0.25, -0.2) is 0 Å². The number of carbonyl (C=O) groups excluding carboxylic acids is 2. The van der Waals surface area contributed by atoms with Gasteiger partial charge in [-0.05, 0) is 11.5 Å². The maximum absolute atomic E-state index is 10.4. The number of hydrogen-bond donors (Lipinski definition) is 0. The van der Waals surface area contributed by atoms with Crippen molar-refractivity contribution in [3.63, 3.8) is 0 Å². The van der Waals surface area contributed by atoms with Crippen LogP contribution in [0.5, 0.6) is 0 Å². The highest BCUT2D eigenvalue weighted by atomic mass is 35.5. The van der Waals surface area contributed by atoms with Crippen LogP contribution in [-0.4, -0.2) is 27.7 Å². The Morgan fingerprint density at radius 2 is 1.62 bits per heavy atom. The first-order valence-corrected chi connectivity index (χ1v) is 5.72. The quantitative estimate of drug-likeness (QED) is 0.531. The summed E-state index contributed by atoms with van der Waals surface area (Å²) in [5, 5.41) is 0. The van der Waals surface area contributed by atoms with Crippen molar-refractivity contribution < 1.29 is 9.59 Å². The fourth-order valence-corrected chi connectivity index (χ4v) is 1.33. The SMILES string of the molecule is CCSCC.O=C1CCC(=O)N1Cl. The highest BCUT2D eigenvalue weighted by Gasteiger charge is 2.26. The number of thioether (sulfide) groups is 1. The molecule has 1 saturated heterocycles. The predicted molar refractivity (Wildman–Crippen MR) is 55.6 cm³/mol. The van der Waals surface area contributed by atoms with Gasteiger partial charge in [0.05, 0.1) is 0 Å². The zero-order valence-electron chi connectivity index (χ0n) is 7.88. The molecule has 1 aliphatic heterocycles. The molecule has 0 N–H and O–H groups in total. The van der Waals surface area contributed by atoms with Gasteiger partial charge < -0.3 is 0 Å². The highest BCUT2D eigenvalue weighted by molar-refractivity contribution is 7.99. The van der Waals surface area contributed by atoms with Crippen LogP contribution < -0.4 is 0 Å². The summed E-state index contributed by atoms with van der Waals surface area (Å²) in [6.45, 7) is 4.35. The summed E-state index contributed by atoms with van der Waals surface area (Å²) in [6, 6.07) is 0. The Bertz CT molecular complexity index is 169. The number of nitrogens with zero attached hydrogens (tertiary/aromatic N) is 1. The number of amides is 2. The topological polar surface area (TPSA) is 37.4 Å². The van der Waals surface area contributed by atoms with Crippen LogP contribution in [0.1, 0.15) is 26.7 Å². The molecular formula is C8H14ClNO2S. The van der Waals surface area contributed by atoms with Gasteiger partial charge in [0, 0.05) is 24.6 Å². The first-order valence-electron chi connectivity index (χ1n) is 4.22. The molecule has 1 aliphatic rings. The van der Waals surface area contributed by atoms with Crippen LogP contribution >= 0.6 is 23.5 Å². The van der Waals surface area contributed by atoms with Crippen molar-refractivity contribution in [2.75, 3.05) is 11.5 Å². The van der Waals surface area contributed by atoms with E-state index in [1.165, 1.54) is 11.5 Å². The van der Waals surface area contributed by atoms with Crippen LogP contribution in [0.25, 0.3) is 0 Å². The molecular weight excluding hydrogens is 210 g/mol. The maximum atomic E-state index is 10.4. The summed E-state index contributed by atoms with van der Waals surface area (Å²) in [4.78, 5) is 20.7. The summed E-state index contributed by atoms with van der Waals surface area (Å²) in [5.74, 6) is 1.93. The Kier molecular flexibility index (Phi) is 7.09. The summed E-state index contributed by atoms with van der Waals surface area (Å²) >= 11 is 7.11. The zero-order chi connectivity index (χ0) is 10.3. The van der Waals surface area contributed by atoms with E-state index in [4.69, 9.17) is 11.8 Å². The number of carbonyl (C=O) groups is 2. The van der Waals surface area contributed by atoms with Crippen LogP contribution in [0.3, 0.4) is 0 Å². The van der Waals surface area contributed by atoms with Gasteiger partial charge in [-0.3, -0.25) is 9.59 Å². The van der Waals surface area contributed by atoms with Gasteiger partial charge in [0.15, 0.2) is 0 Å². The number of halogens is 1. The van der Waals surface area contributed by atoms with Gasteiger partial charge in [0.2, 0.25) is 11.8 Å². The largest absolute Gasteiger partial charge is 0.273 e. The van der Waals surface area contributed by atoms with E-state index in [1.54, 1.807) is 0 Å².